The highest BCUT2D eigenvalue weighted by molar-refractivity contribution is 6.24. The van der Waals surface area contributed by atoms with Crippen LogP contribution in [0.3, 0.4) is 0 Å². The Morgan fingerprint density at radius 2 is 0.771 bits per heavy atom. The molecule has 0 unspecified atom stereocenters. The second-order valence-corrected chi connectivity index (χ2v) is 12.0. The SMILES string of the molecule is c1ccc(N(c2ccccc2)c2ccc(-c3ccc(-c4nc5c6ccccc6c6ccccc6c5n4-c4ccccc4)cc3)cc2)cc1. The van der Waals surface area contributed by atoms with Crippen molar-refractivity contribution in [3.05, 3.63) is 188 Å². The second kappa shape index (κ2) is 11.7. The summed E-state index contributed by atoms with van der Waals surface area (Å²) in [5.74, 6) is 0.931. The highest BCUT2D eigenvalue weighted by atomic mass is 15.1. The Balaban J connectivity index is 1.15. The molecule has 48 heavy (non-hydrogen) atoms. The maximum atomic E-state index is 5.39. The van der Waals surface area contributed by atoms with E-state index in [0.717, 1.165) is 50.7 Å². The van der Waals surface area contributed by atoms with Gasteiger partial charge in [-0.3, -0.25) is 4.57 Å². The van der Waals surface area contributed by atoms with Crippen LogP contribution in [-0.4, -0.2) is 9.55 Å². The summed E-state index contributed by atoms with van der Waals surface area (Å²) >= 11 is 0. The maximum absolute atomic E-state index is 5.39. The molecule has 3 nitrogen and oxygen atoms in total. The van der Waals surface area contributed by atoms with Gasteiger partial charge in [-0.2, -0.15) is 0 Å². The lowest BCUT2D eigenvalue weighted by molar-refractivity contribution is 1.11. The Labute approximate surface area is 279 Å². The van der Waals surface area contributed by atoms with E-state index in [2.05, 4.69) is 198 Å². The third kappa shape index (κ3) is 4.72. The molecular formula is C45H31N3. The van der Waals surface area contributed by atoms with Crippen LogP contribution in [0.25, 0.3) is 60.8 Å². The number of hydrogen-bond acceptors (Lipinski definition) is 2. The molecule has 0 bridgehead atoms. The first-order valence-electron chi connectivity index (χ1n) is 16.3. The number of benzene rings is 8. The summed E-state index contributed by atoms with van der Waals surface area (Å²) in [6.07, 6.45) is 0. The highest BCUT2D eigenvalue weighted by Gasteiger charge is 2.20. The molecule has 0 aliphatic heterocycles. The van der Waals surface area contributed by atoms with E-state index in [1.807, 2.05) is 0 Å². The lowest BCUT2D eigenvalue weighted by Crippen LogP contribution is -2.09. The Hall–Kier alpha value is -6.45. The molecule has 0 saturated heterocycles. The summed E-state index contributed by atoms with van der Waals surface area (Å²) in [5.41, 5.74) is 10.0. The van der Waals surface area contributed by atoms with E-state index in [4.69, 9.17) is 4.98 Å². The number of anilines is 3. The van der Waals surface area contributed by atoms with Gasteiger partial charge in [-0.15, -0.1) is 0 Å². The number of hydrogen-bond donors (Lipinski definition) is 0. The van der Waals surface area contributed by atoms with Crippen LogP contribution in [0, 0.1) is 0 Å². The molecule has 0 amide bonds. The molecule has 1 aromatic heterocycles. The molecule has 0 radical (unpaired) electrons. The van der Waals surface area contributed by atoms with Crippen LogP contribution in [0.5, 0.6) is 0 Å². The van der Waals surface area contributed by atoms with Crippen molar-refractivity contribution in [3.8, 4) is 28.2 Å². The summed E-state index contributed by atoms with van der Waals surface area (Å²) < 4.78 is 2.33. The molecule has 0 spiro atoms. The minimum Gasteiger partial charge on any atom is -0.311 e. The van der Waals surface area contributed by atoms with Gasteiger partial charge in [-0.1, -0.05) is 140 Å². The lowest BCUT2D eigenvalue weighted by Gasteiger charge is -2.25. The third-order valence-electron chi connectivity index (χ3n) is 9.18. The molecule has 3 heteroatoms. The van der Waals surface area contributed by atoms with Gasteiger partial charge in [0.05, 0.1) is 11.0 Å². The molecule has 8 aromatic carbocycles. The van der Waals surface area contributed by atoms with Gasteiger partial charge in [0.15, 0.2) is 0 Å². The van der Waals surface area contributed by atoms with Gasteiger partial charge in [-0.25, -0.2) is 4.98 Å². The zero-order valence-electron chi connectivity index (χ0n) is 26.2. The maximum Gasteiger partial charge on any atom is 0.145 e. The van der Waals surface area contributed by atoms with Crippen LogP contribution in [-0.2, 0) is 0 Å². The fourth-order valence-corrected chi connectivity index (χ4v) is 6.94. The number of aromatic nitrogens is 2. The van der Waals surface area contributed by atoms with E-state index in [-0.39, 0.29) is 0 Å². The van der Waals surface area contributed by atoms with Crippen molar-refractivity contribution in [2.75, 3.05) is 4.90 Å². The predicted molar refractivity (Wildman–Crippen MR) is 202 cm³/mol. The molecule has 9 aromatic rings. The van der Waals surface area contributed by atoms with Gasteiger partial charge in [0.25, 0.3) is 0 Å². The van der Waals surface area contributed by atoms with Gasteiger partial charge >= 0.3 is 0 Å². The Kier molecular flexibility index (Phi) is 6.80. The molecule has 0 atom stereocenters. The normalized spacial score (nSPS) is 11.3. The minimum atomic E-state index is 0.931. The first-order chi connectivity index (χ1) is 23.8. The zero-order valence-corrected chi connectivity index (χ0v) is 26.2. The summed E-state index contributed by atoms with van der Waals surface area (Å²) in [4.78, 5) is 7.67. The van der Waals surface area contributed by atoms with E-state index in [0.29, 0.717) is 0 Å². The first-order valence-corrected chi connectivity index (χ1v) is 16.3. The van der Waals surface area contributed by atoms with Gasteiger partial charge in [0.1, 0.15) is 5.82 Å². The smallest absolute Gasteiger partial charge is 0.145 e. The van der Waals surface area contributed by atoms with Crippen LogP contribution >= 0.6 is 0 Å². The molecule has 0 fully saturated rings. The highest BCUT2D eigenvalue weighted by Crippen LogP contribution is 2.40. The molecule has 0 aliphatic rings. The first kappa shape index (κ1) is 27.8. The number of rotatable bonds is 6. The third-order valence-corrected chi connectivity index (χ3v) is 9.18. The van der Waals surface area contributed by atoms with Crippen LogP contribution < -0.4 is 4.90 Å². The molecule has 0 saturated carbocycles. The average molecular weight is 614 g/mol. The second-order valence-electron chi connectivity index (χ2n) is 12.0. The van der Waals surface area contributed by atoms with E-state index < -0.39 is 0 Å². The Morgan fingerprint density at radius 1 is 0.354 bits per heavy atom. The van der Waals surface area contributed by atoms with Crippen LogP contribution in [0.4, 0.5) is 17.1 Å². The van der Waals surface area contributed by atoms with Crippen molar-refractivity contribution in [1.29, 1.82) is 0 Å². The van der Waals surface area contributed by atoms with Gasteiger partial charge in [0.2, 0.25) is 0 Å². The van der Waals surface area contributed by atoms with Crippen molar-refractivity contribution in [1.82, 2.24) is 9.55 Å². The number of fused-ring (bicyclic) bond motifs is 6. The fraction of sp³-hybridized carbons (Fsp3) is 0. The largest absolute Gasteiger partial charge is 0.311 e. The number of nitrogens with zero attached hydrogens (tertiary/aromatic N) is 3. The van der Waals surface area contributed by atoms with Crippen LogP contribution in [0.1, 0.15) is 0 Å². The van der Waals surface area contributed by atoms with Crippen molar-refractivity contribution in [3.63, 3.8) is 0 Å². The van der Waals surface area contributed by atoms with E-state index in [9.17, 15) is 0 Å². The monoisotopic (exact) mass is 613 g/mol. The minimum absolute atomic E-state index is 0.931. The fourth-order valence-electron chi connectivity index (χ4n) is 6.94. The average Bonchev–Trinajstić information content (AvgIpc) is 3.58. The number of para-hydroxylation sites is 3. The van der Waals surface area contributed by atoms with Crippen LogP contribution in [0.2, 0.25) is 0 Å². The number of imidazole rings is 1. The quantitative estimate of drug-likeness (QED) is 0.174. The van der Waals surface area contributed by atoms with Crippen molar-refractivity contribution < 1.29 is 0 Å². The Bertz CT molecular complexity index is 2480. The van der Waals surface area contributed by atoms with Gasteiger partial charge in [-0.05, 0) is 70.4 Å². The van der Waals surface area contributed by atoms with Crippen molar-refractivity contribution in [2.45, 2.75) is 0 Å². The lowest BCUT2D eigenvalue weighted by atomic mass is 10.00. The molecule has 9 rings (SSSR count). The van der Waals surface area contributed by atoms with E-state index >= 15 is 0 Å². The predicted octanol–water partition coefficient (Wildman–Crippen LogP) is 12.1. The summed E-state index contributed by atoms with van der Waals surface area (Å²) in [6, 6.07) is 66.6. The topological polar surface area (TPSA) is 21.1 Å². The Morgan fingerprint density at radius 3 is 1.35 bits per heavy atom. The summed E-state index contributed by atoms with van der Waals surface area (Å²) in [6.45, 7) is 0. The van der Waals surface area contributed by atoms with E-state index in [1.54, 1.807) is 0 Å². The van der Waals surface area contributed by atoms with Gasteiger partial charge in [0, 0.05) is 39.1 Å². The van der Waals surface area contributed by atoms with Crippen LogP contribution in [0.15, 0.2) is 188 Å². The van der Waals surface area contributed by atoms with Gasteiger partial charge < -0.3 is 4.90 Å². The standard InChI is InChI=1S/C45H31N3/c1-4-14-35(15-5-1)47(36-16-6-2-7-17-36)38-30-28-33(29-31-38)32-24-26-34(27-25-32)45-46-43-41-22-12-10-20-39(41)40-21-11-13-23-42(40)44(43)48(45)37-18-8-3-9-19-37/h1-31H. The molecule has 0 N–H and O–H groups in total. The van der Waals surface area contributed by atoms with Crippen molar-refractivity contribution in [2.24, 2.45) is 0 Å². The summed E-state index contributed by atoms with van der Waals surface area (Å²) in [5, 5.41) is 4.83. The zero-order chi connectivity index (χ0) is 31.9. The molecule has 226 valence electrons. The van der Waals surface area contributed by atoms with Crippen molar-refractivity contribution >= 4 is 49.6 Å². The summed E-state index contributed by atoms with van der Waals surface area (Å²) in [7, 11) is 0. The molecular weight excluding hydrogens is 583 g/mol. The molecule has 1 heterocycles. The van der Waals surface area contributed by atoms with E-state index in [1.165, 1.54) is 27.1 Å². The molecule has 0 aliphatic carbocycles.